The fraction of sp³-hybridized carbons (Fsp3) is 1.00. The summed E-state index contributed by atoms with van der Waals surface area (Å²) in [6.45, 7) is 6.09. The van der Waals surface area contributed by atoms with Gasteiger partial charge in [-0.05, 0) is 18.8 Å². The van der Waals surface area contributed by atoms with Crippen molar-refractivity contribution in [2.24, 2.45) is 11.3 Å². The van der Waals surface area contributed by atoms with Crippen LogP contribution in [0.15, 0.2) is 0 Å². The normalized spacial score (nSPS) is 34.0. The first-order chi connectivity index (χ1) is 5.86. The predicted octanol–water partition coefficient (Wildman–Crippen LogP) is 1.12. The Labute approximate surface area is 73.9 Å². The predicted molar refractivity (Wildman–Crippen MR) is 47.0 cm³/mol. The Balaban J connectivity index is 1.43. The Kier molecular flexibility index (Phi) is 1.50. The van der Waals surface area contributed by atoms with E-state index in [0.29, 0.717) is 5.41 Å². The molecule has 1 saturated carbocycles. The Bertz CT molecular complexity index is 174. The SMILES string of the molecule is C1CC(CN2CC3(COC3)C2)C1. The lowest BCUT2D eigenvalue weighted by molar-refractivity contribution is -0.192. The van der Waals surface area contributed by atoms with Crippen LogP contribution >= 0.6 is 0 Å². The van der Waals surface area contributed by atoms with Crippen LogP contribution in [-0.2, 0) is 4.74 Å². The molecule has 2 saturated heterocycles. The maximum absolute atomic E-state index is 5.25. The monoisotopic (exact) mass is 167 g/mol. The van der Waals surface area contributed by atoms with Crippen LogP contribution in [0.4, 0.5) is 0 Å². The van der Waals surface area contributed by atoms with Crippen molar-refractivity contribution in [2.75, 3.05) is 32.8 Å². The van der Waals surface area contributed by atoms with Crippen LogP contribution in [0.3, 0.4) is 0 Å². The molecule has 2 nitrogen and oxygen atoms in total. The lowest BCUT2D eigenvalue weighted by atomic mass is 9.76. The molecule has 0 bridgehead atoms. The van der Waals surface area contributed by atoms with Gasteiger partial charge in [-0.2, -0.15) is 0 Å². The molecule has 1 spiro atoms. The fourth-order valence-electron chi connectivity index (χ4n) is 2.65. The fourth-order valence-corrected chi connectivity index (χ4v) is 2.65. The topological polar surface area (TPSA) is 12.5 Å². The molecule has 0 N–H and O–H groups in total. The Morgan fingerprint density at radius 1 is 1.25 bits per heavy atom. The van der Waals surface area contributed by atoms with Crippen molar-refractivity contribution in [2.45, 2.75) is 19.3 Å². The van der Waals surface area contributed by atoms with Gasteiger partial charge in [-0.3, -0.25) is 0 Å². The Morgan fingerprint density at radius 3 is 2.42 bits per heavy atom. The third-order valence-corrected chi connectivity index (χ3v) is 3.68. The lowest BCUT2D eigenvalue weighted by Gasteiger charge is -2.56. The minimum absolute atomic E-state index is 0.629. The van der Waals surface area contributed by atoms with Crippen LogP contribution in [0, 0.1) is 11.3 Å². The molecule has 0 unspecified atom stereocenters. The van der Waals surface area contributed by atoms with Gasteiger partial charge in [0.2, 0.25) is 0 Å². The molecule has 0 atom stereocenters. The van der Waals surface area contributed by atoms with Crippen molar-refractivity contribution in [1.29, 1.82) is 0 Å². The van der Waals surface area contributed by atoms with E-state index in [4.69, 9.17) is 4.74 Å². The molecule has 0 aromatic heterocycles. The van der Waals surface area contributed by atoms with Gasteiger partial charge < -0.3 is 9.64 Å². The summed E-state index contributed by atoms with van der Waals surface area (Å²) in [4.78, 5) is 2.62. The molecule has 2 heteroatoms. The van der Waals surface area contributed by atoms with Crippen molar-refractivity contribution in [3.05, 3.63) is 0 Å². The molecule has 2 aliphatic heterocycles. The average Bonchev–Trinajstić information content (AvgIpc) is 1.76. The number of hydrogen-bond donors (Lipinski definition) is 0. The summed E-state index contributed by atoms with van der Waals surface area (Å²) >= 11 is 0. The van der Waals surface area contributed by atoms with Gasteiger partial charge in [-0.1, -0.05) is 6.42 Å². The maximum Gasteiger partial charge on any atom is 0.0569 e. The third kappa shape index (κ3) is 1.01. The second-order valence-electron chi connectivity index (χ2n) is 4.96. The molecule has 3 aliphatic rings. The highest BCUT2D eigenvalue weighted by atomic mass is 16.5. The molecule has 1 aliphatic carbocycles. The smallest absolute Gasteiger partial charge is 0.0569 e. The summed E-state index contributed by atoms with van der Waals surface area (Å²) in [6.07, 6.45) is 4.45. The Hall–Kier alpha value is -0.0800. The zero-order valence-electron chi connectivity index (χ0n) is 7.59. The number of ether oxygens (including phenoxy) is 1. The van der Waals surface area contributed by atoms with Crippen molar-refractivity contribution in [3.8, 4) is 0 Å². The molecule has 68 valence electrons. The zero-order chi connectivity index (χ0) is 8.02. The molecule has 0 aromatic carbocycles. The molecule has 3 fully saturated rings. The van der Waals surface area contributed by atoms with Crippen molar-refractivity contribution in [1.82, 2.24) is 4.90 Å². The van der Waals surface area contributed by atoms with E-state index in [1.165, 1.54) is 38.9 Å². The second-order valence-corrected chi connectivity index (χ2v) is 4.96. The van der Waals surface area contributed by atoms with E-state index in [1.54, 1.807) is 0 Å². The molecule has 2 heterocycles. The van der Waals surface area contributed by atoms with E-state index >= 15 is 0 Å². The van der Waals surface area contributed by atoms with Crippen LogP contribution in [-0.4, -0.2) is 37.7 Å². The number of hydrogen-bond acceptors (Lipinski definition) is 2. The third-order valence-electron chi connectivity index (χ3n) is 3.68. The van der Waals surface area contributed by atoms with Crippen LogP contribution in [0.2, 0.25) is 0 Å². The quantitative estimate of drug-likeness (QED) is 0.611. The summed E-state index contributed by atoms with van der Waals surface area (Å²) in [5.41, 5.74) is 0.629. The summed E-state index contributed by atoms with van der Waals surface area (Å²) in [5, 5.41) is 0. The first-order valence-corrected chi connectivity index (χ1v) is 5.16. The van der Waals surface area contributed by atoms with Crippen molar-refractivity contribution in [3.63, 3.8) is 0 Å². The summed E-state index contributed by atoms with van der Waals surface area (Å²) < 4.78 is 5.25. The van der Waals surface area contributed by atoms with Crippen molar-refractivity contribution < 1.29 is 4.74 Å². The van der Waals surface area contributed by atoms with Gasteiger partial charge in [0.15, 0.2) is 0 Å². The first-order valence-electron chi connectivity index (χ1n) is 5.16. The standard InChI is InChI=1S/C10H17NO/c1-2-9(3-1)4-11-5-10(6-11)7-12-8-10/h9H,1-8H2. The molecule has 3 rings (SSSR count). The van der Waals surface area contributed by atoms with Crippen molar-refractivity contribution >= 4 is 0 Å². The van der Waals surface area contributed by atoms with E-state index in [-0.39, 0.29) is 0 Å². The maximum atomic E-state index is 5.25. The summed E-state index contributed by atoms with van der Waals surface area (Å²) in [7, 11) is 0. The number of nitrogens with zero attached hydrogens (tertiary/aromatic N) is 1. The van der Waals surface area contributed by atoms with Gasteiger partial charge in [0.1, 0.15) is 0 Å². The summed E-state index contributed by atoms with van der Waals surface area (Å²) in [5.74, 6) is 1.04. The minimum atomic E-state index is 0.629. The van der Waals surface area contributed by atoms with E-state index in [2.05, 4.69) is 4.90 Å². The highest BCUT2D eigenvalue weighted by Crippen LogP contribution is 2.39. The molecular formula is C10H17NO. The molecule has 0 radical (unpaired) electrons. The van der Waals surface area contributed by atoms with Gasteiger partial charge in [0, 0.05) is 25.0 Å². The zero-order valence-corrected chi connectivity index (χ0v) is 7.59. The van der Waals surface area contributed by atoms with Gasteiger partial charge in [0.05, 0.1) is 13.2 Å². The van der Waals surface area contributed by atoms with E-state index in [9.17, 15) is 0 Å². The van der Waals surface area contributed by atoms with E-state index in [1.807, 2.05) is 0 Å². The molecule has 0 amide bonds. The second kappa shape index (κ2) is 2.46. The molecule has 0 aromatic rings. The van der Waals surface area contributed by atoms with Gasteiger partial charge in [0.25, 0.3) is 0 Å². The molecular weight excluding hydrogens is 150 g/mol. The van der Waals surface area contributed by atoms with Crippen LogP contribution in [0.1, 0.15) is 19.3 Å². The highest BCUT2D eigenvalue weighted by Gasteiger charge is 2.49. The average molecular weight is 167 g/mol. The highest BCUT2D eigenvalue weighted by molar-refractivity contribution is 5.00. The van der Waals surface area contributed by atoms with Gasteiger partial charge in [-0.25, -0.2) is 0 Å². The van der Waals surface area contributed by atoms with Crippen LogP contribution < -0.4 is 0 Å². The largest absolute Gasteiger partial charge is 0.380 e. The Morgan fingerprint density at radius 2 is 2.00 bits per heavy atom. The first kappa shape index (κ1) is 7.34. The molecule has 12 heavy (non-hydrogen) atoms. The van der Waals surface area contributed by atoms with Gasteiger partial charge in [-0.15, -0.1) is 0 Å². The van der Waals surface area contributed by atoms with Crippen LogP contribution in [0.5, 0.6) is 0 Å². The lowest BCUT2D eigenvalue weighted by Crippen LogP contribution is -2.66. The van der Waals surface area contributed by atoms with Gasteiger partial charge >= 0.3 is 0 Å². The van der Waals surface area contributed by atoms with E-state index in [0.717, 1.165) is 19.1 Å². The number of likely N-dealkylation sites (tertiary alicyclic amines) is 1. The summed E-state index contributed by atoms with van der Waals surface area (Å²) in [6, 6.07) is 0. The number of rotatable bonds is 2. The van der Waals surface area contributed by atoms with Crippen LogP contribution in [0.25, 0.3) is 0 Å². The van der Waals surface area contributed by atoms with E-state index < -0.39 is 0 Å². The minimum Gasteiger partial charge on any atom is -0.380 e.